The highest BCUT2D eigenvalue weighted by molar-refractivity contribution is 5.96. The third-order valence-electron chi connectivity index (χ3n) is 3.76. The van der Waals surface area contributed by atoms with Gasteiger partial charge in [-0.1, -0.05) is 6.07 Å². The summed E-state index contributed by atoms with van der Waals surface area (Å²) in [6.45, 7) is 0.873. The number of carbonyl (C=O) groups excluding carboxylic acids is 1. The molecule has 1 aromatic heterocycles. The third kappa shape index (κ3) is 1.88. The summed E-state index contributed by atoms with van der Waals surface area (Å²) >= 11 is 0. The molecule has 0 fully saturated rings. The summed E-state index contributed by atoms with van der Waals surface area (Å²) in [5, 5.41) is 12.1. The van der Waals surface area contributed by atoms with Crippen LogP contribution < -0.4 is 5.32 Å². The highest BCUT2D eigenvalue weighted by Crippen LogP contribution is 2.29. The van der Waals surface area contributed by atoms with Crippen molar-refractivity contribution in [3.63, 3.8) is 0 Å². The summed E-state index contributed by atoms with van der Waals surface area (Å²) in [6, 6.07) is 11.7. The second kappa shape index (κ2) is 4.86. The first-order chi connectivity index (χ1) is 9.74. The Morgan fingerprint density at radius 1 is 1.25 bits per heavy atom. The Balaban J connectivity index is 2.11. The van der Waals surface area contributed by atoms with Crippen LogP contribution in [0.1, 0.15) is 28.9 Å². The molecular weight excluding hydrogens is 250 g/mol. The number of carbonyl (C=O) groups is 1. The molecule has 1 aliphatic heterocycles. The second-order valence-corrected chi connectivity index (χ2v) is 4.90. The third-order valence-corrected chi connectivity index (χ3v) is 3.76. The van der Waals surface area contributed by atoms with E-state index in [1.54, 1.807) is 7.05 Å². The largest absolute Gasteiger partial charge is 0.387 e. The Bertz CT molecular complexity index is 722. The number of rotatable bonds is 2. The lowest BCUT2D eigenvalue weighted by molar-refractivity contribution is 0.0955. The van der Waals surface area contributed by atoms with Gasteiger partial charge in [-0.3, -0.25) is 4.79 Å². The summed E-state index contributed by atoms with van der Waals surface area (Å²) in [6.07, 6.45) is 1.53. The number of aromatic nitrogens is 1. The predicted molar refractivity (Wildman–Crippen MR) is 77.7 cm³/mol. The lowest BCUT2D eigenvalue weighted by atomic mass is 10.1. The van der Waals surface area contributed by atoms with E-state index in [1.165, 1.54) is 0 Å². The standard InChI is InChI=1S/C16H15N3O/c1-18-13-9-11(4-5-12(13)10-17)14-6-7-15-16(20)3-2-8-19(14)15/h4-7,9,18H,2-3,8H2,1H3. The molecule has 1 N–H and O–H groups in total. The number of hydrogen-bond acceptors (Lipinski definition) is 3. The fourth-order valence-corrected chi connectivity index (χ4v) is 2.74. The average Bonchev–Trinajstić information content (AvgIpc) is 2.92. The van der Waals surface area contributed by atoms with E-state index in [0.29, 0.717) is 12.0 Å². The first-order valence-electron chi connectivity index (χ1n) is 6.69. The fraction of sp³-hybridized carbons (Fsp3) is 0.250. The van der Waals surface area contributed by atoms with E-state index in [-0.39, 0.29) is 5.78 Å². The van der Waals surface area contributed by atoms with Crippen LogP contribution in [0.5, 0.6) is 0 Å². The first kappa shape index (κ1) is 12.5. The molecule has 0 atom stereocenters. The van der Waals surface area contributed by atoms with Crippen LogP contribution >= 0.6 is 0 Å². The van der Waals surface area contributed by atoms with Gasteiger partial charge in [0.15, 0.2) is 5.78 Å². The minimum atomic E-state index is 0.213. The number of hydrogen-bond donors (Lipinski definition) is 1. The van der Waals surface area contributed by atoms with Crippen LogP contribution in [0, 0.1) is 11.3 Å². The van der Waals surface area contributed by atoms with Gasteiger partial charge in [0, 0.05) is 31.3 Å². The van der Waals surface area contributed by atoms with Crippen molar-refractivity contribution in [2.75, 3.05) is 12.4 Å². The SMILES string of the molecule is CNc1cc(-c2ccc3n2CCCC3=O)ccc1C#N. The minimum Gasteiger partial charge on any atom is -0.387 e. The van der Waals surface area contributed by atoms with E-state index in [0.717, 1.165) is 35.6 Å². The number of nitrogens with one attached hydrogen (secondary N) is 1. The number of nitriles is 1. The van der Waals surface area contributed by atoms with E-state index in [2.05, 4.69) is 16.0 Å². The predicted octanol–water partition coefficient (Wildman–Crippen LogP) is 3.04. The molecule has 2 heterocycles. The number of benzene rings is 1. The zero-order valence-electron chi connectivity index (χ0n) is 11.3. The van der Waals surface area contributed by atoms with Crippen LogP contribution in [0.25, 0.3) is 11.3 Å². The Morgan fingerprint density at radius 3 is 2.80 bits per heavy atom. The van der Waals surface area contributed by atoms with Crippen molar-refractivity contribution in [2.45, 2.75) is 19.4 Å². The Labute approximate surface area is 117 Å². The summed E-state index contributed by atoms with van der Waals surface area (Å²) in [5.41, 5.74) is 4.28. The van der Waals surface area contributed by atoms with Crippen LogP contribution in [-0.4, -0.2) is 17.4 Å². The Hall–Kier alpha value is -2.54. The van der Waals surface area contributed by atoms with Gasteiger partial charge in [0.1, 0.15) is 6.07 Å². The number of nitrogens with zero attached hydrogens (tertiary/aromatic N) is 2. The minimum absolute atomic E-state index is 0.213. The van der Waals surface area contributed by atoms with Gasteiger partial charge in [-0.05, 0) is 30.7 Å². The molecule has 0 saturated carbocycles. The monoisotopic (exact) mass is 265 g/mol. The van der Waals surface area contributed by atoms with Gasteiger partial charge < -0.3 is 9.88 Å². The molecule has 0 saturated heterocycles. The molecule has 4 nitrogen and oxygen atoms in total. The van der Waals surface area contributed by atoms with Crippen molar-refractivity contribution in [2.24, 2.45) is 0 Å². The normalized spacial score (nSPS) is 13.7. The molecule has 0 amide bonds. The zero-order valence-corrected chi connectivity index (χ0v) is 11.3. The van der Waals surface area contributed by atoms with Crippen molar-refractivity contribution in [3.8, 4) is 17.3 Å². The maximum absolute atomic E-state index is 11.9. The lowest BCUT2D eigenvalue weighted by Gasteiger charge is -2.17. The van der Waals surface area contributed by atoms with Gasteiger partial charge in [-0.25, -0.2) is 0 Å². The quantitative estimate of drug-likeness (QED) is 0.908. The number of anilines is 1. The van der Waals surface area contributed by atoms with E-state index >= 15 is 0 Å². The summed E-state index contributed by atoms with van der Waals surface area (Å²) in [7, 11) is 1.80. The molecule has 0 aliphatic carbocycles. The average molecular weight is 265 g/mol. The number of Topliss-reactive ketones (excluding diaryl/α,β-unsaturated/α-hetero) is 1. The van der Waals surface area contributed by atoms with E-state index in [4.69, 9.17) is 5.26 Å². The van der Waals surface area contributed by atoms with Gasteiger partial charge in [-0.2, -0.15) is 5.26 Å². The van der Waals surface area contributed by atoms with Gasteiger partial charge in [0.25, 0.3) is 0 Å². The highest BCUT2D eigenvalue weighted by atomic mass is 16.1. The first-order valence-corrected chi connectivity index (χ1v) is 6.69. The van der Waals surface area contributed by atoms with Gasteiger partial charge in [-0.15, -0.1) is 0 Å². The number of fused-ring (bicyclic) bond motifs is 1. The summed E-state index contributed by atoms with van der Waals surface area (Å²) in [5.74, 6) is 0.213. The molecule has 3 rings (SSSR count). The van der Waals surface area contributed by atoms with Crippen LogP contribution in [-0.2, 0) is 6.54 Å². The van der Waals surface area contributed by atoms with Crippen molar-refractivity contribution < 1.29 is 4.79 Å². The Kier molecular flexibility index (Phi) is 3.03. The van der Waals surface area contributed by atoms with Crippen molar-refractivity contribution >= 4 is 11.5 Å². The molecule has 1 aromatic carbocycles. The molecule has 1 aliphatic rings. The van der Waals surface area contributed by atoms with Crippen LogP contribution in [0.2, 0.25) is 0 Å². The van der Waals surface area contributed by atoms with Crippen LogP contribution in [0.4, 0.5) is 5.69 Å². The van der Waals surface area contributed by atoms with E-state index in [9.17, 15) is 4.79 Å². The molecule has 0 spiro atoms. The van der Waals surface area contributed by atoms with Crippen molar-refractivity contribution in [3.05, 3.63) is 41.6 Å². The smallest absolute Gasteiger partial charge is 0.179 e. The van der Waals surface area contributed by atoms with E-state index < -0.39 is 0 Å². The molecule has 0 bridgehead atoms. The Morgan fingerprint density at radius 2 is 2.05 bits per heavy atom. The summed E-state index contributed by atoms with van der Waals surface area (Å²) in [4.78, 5) is 11.9. The van der Waals surface area contributed by atoms with Crippen molar-refractivity contribution in [1.82, 2.24) is 4.57 Å². The van der Waals surface area contributed by atoms with E-state index in [1.807, 2.05) is 30.3 Å². The molecule has 0 unspecified atom stereocenters. The molecule has 100 valence electrons. The number of ketones is 1. The zero-order chi connectivity index (χ0) is 14.1. The van der Waals surface area contributed by atoms with Crippen molar-refractivity contribution in [1.29, 1.82) is 5.26 Å². The molecule has 0 radical (unpaired) electrons. The molecule has 20 heavy (non-hydrogen) atoms. The highest BCUT2D eigenvalue weighted by Gasteiger charge is 2.20. The molecular formula is C16H15N3O. The van der Waals surface area contributed by atoms with Gasteiger partial charge in [0.05, 0.1) is 16.9 Å². The van der Waals surface area contributed by atoms with Crippen LogP contribution in [0.3, 0.4) is 0 Å². The topological polar surface area (TPSA) is 57.8 Å². The van der Waals surface area contributed by atoms with Crippen LogP contribution in [0.15, 0.2) is 30.3 Å². The second-order valence-electron chi connectivity index (χ2n) is 4.90. The molecule has 4 heteroatoms. The van der Waals surface area contributed by atoms with Gasteiger partial charge >= 0.3 is 0 Å². The lowest BCUT2D eigenvalue weighted by Crippen LogP contribution is -2.16. The maximum atomic E-state index is 11.9. The summed E-state index contributed by atoms with van der Waals surface area (Å²) < 4.78 is 2.08. The van der Waals surface area contributed by atoms with Gasteiger partial charge in [0.2, 0.25) is 0 Å². The maximum Gasteiger partial charge on any atom is 0.179 e. The fourth-order valence-electron chi connectivity index (χ4n) is 2.74. The molecule has 2 aromatic rings.